The summed E-state index contributed by atoms with van der Waals surface area (Å²) >= 11 is 0. The third-order valence-electron chi connectivity index (χ3n) is 4.16. The first-order valence-corrected chi connectivity index (χ1v) is 7.69. The van der Waals surface area contributed by atoms with Gasteiger partial charge in [0.2, 0.25) is 0 Å². The van der Waals surface area contributed by atoms with Crippen molar-refractivity contribution in [3.63, 3.8) is 0 Å². The van der Waals surface area contributed by atoms with E-state index < -0.39 is 11.6 Å². The van der Waals surface area contributed by atoms with E-state index in [1.54, 1.807) is 6.08 Å². The van der Waals surface area contributed by atoms with Crippen molar-refractivity contribution in [2.24, 2.45) is 5.73 Å². The van der Waals surface area contributed by atoms with Crippen molar-refractivity contribution < 1.29 is 23.0 Å². The predicted molar refractivity (Wildman–Crippen MR) is 84.3 cm³/mol. The molecule has 0 atom stereocenters. The van der Waals surface area contributed by atoms with Crippen LogP contribution < -0.4 is 15.2 Å². The highest BCUT2D eigenvalue weighted by molar-refractivity contribution is 5.41. The summed E-state index contributed by atoms with van der Waals surface area (Å²) in [7, 11) is 2.61. The van der Waals surface area contributed by atoms with Crippen molar-refractivity contribution in [1.29, 1.82) is 0 Å². The fourth-order valence-electron chi connectivity index (χ4n) is 2.59. The maximum absolute atomic E-state index is 14.3. The summed E-state index contributed by atoms with van der Waals surface area (Å²) in [5.41, 5.74) is 6.13. The minimum atomic E-state index is -0.805. The van der Waals surface area contributed by atoms with Crippen LogP contribution in [0.3, 0.4) is 0 Å². The van der Waals surface area contributed by atoms with Crippen LogP contribution in [0, 0.1) is 11.6 Å². The van der Waals surface area contributed by atoms with E-state index in [1.807, 2.05) is 6.20 Å². The quantitative estimate of drug-likeness (QED) is 0.864. The van der Waals surface area contributed by atoms with E-state index in [9.17, 15) is 8.78 Å². The van der Waals surface area contributed by atoms with Gasteiger partial charge < -0.3 is 24.8 Å². The van der Waals surface area contributed by atoms with Gasteiger partial charge in [0.05, 0.1) is 32.0 Å². The Balaban J connectivity index is 1.79. The number of allylic oxidation sites excluding steroid dienone is 1. The lowest BCUT2D eigenvalue weighted by Gasteiger charge is -2.26. The normalized spacial score (nSPS) is 17.2. The first-order chi connectivity index (χ1) is 11.5. The summed E-state index contributed by atoms with van der Waals surface area (Å²) in [4.78, 5) is 2.12. The van der Waals surface area contributed by atoms with Gasteiger partial charge in [0.15, 0.2) is 23.1 Å². The second-order valence-corrected chi connectivity index (χ2v) is 5.77. The van der Waals surface area contributed by atoms with Gasteiger partial charge >= 0.3 is 0 Å². The molecule has 0 unspecified atom stereocenters. The SMILES string of the molecule is COc1cc(OC)c(F)c(COC2=C(N)C=CN(C3CC3)C2)c1F. The van der Waals surface area contributed by atoms with Crippen LogP contribution in [0.25, 0.3) is 0 Å². The fraction of sp³-hybridized carbons (Fsp3) is 0.412. The fourth-order valence-corrected chi connectivity index (χ4v) is 2.59. The van der Waals surface area contributed by atoms with E-state index in [4.69, 9.17) is 19.9 Å². The molecule has 7 heteroatoms. The zero-order valence-electron chi connectivity index (χ0n) is 13.6. The van der Waals surface area contributed by atoms with Crippen LogP contribution >= 0.6 is 0 Å². The minimum absolute atomic E-state index is 0.100. The Morgan fingerprint density at radius 3 is 2.33 bits per heavy atom. The average Bonchev–Trinajstić information content (AvgIpc) is 3.41. The summed E-state index contributed by atoms with van der Waals surface area (Å²) in [5.74, 6) is -1.31. The van der Waals surface area contributed by atoms with Crippen molar-refractivity contribution >= 4 is 0 Å². The van der Waals surface area contributed by atoms with E-state index in [1.165, 1.54) is 20.3 Å². The maximum atomic E-state index is 14.3. The first kappa shape index (κ1) is 16.4. The van der Waals surface area contributed by atoms with Gasteiger partial charge in [-0.2, -0.15) is 0 Å². The lowest BCUT2D eigenvalue weighted by molar-refractivity contribution is 0.159. The van der Waals surface area contributed by atoms with Crippen LogP contribution in [-0.4, -0.2) is 31.7 Å². The molecule has 0 spiro atoms. The largest absolute Gasteiger partial charge is 0.494 e. The number of halogens is 2. The van der Waals surface area contributed by atoms with Crippen LogP contribution in [0.2, 0.25) is 0 Å². The van der Waals surface area contributed by atoms with Gasteiger partial charge in [0.1, 0.15) is 12.4 Å². The number of ether oxygens (including phenoxy) is 3. The van der Waals surface area contributed by atoms with Gasteiger partial charge in [-0.15, -0.1) is 0 Å². The molecule has 1 aliphatic heterocycles. The molecule has 0 bridgehead atoms. The Hall–Kier alpha value is -2.44. The number of hydrogen-bond acceptors (Lipinski definition) is 5. The molecule has 0 radical (unpaired) electrons. The Labute approximate surface area is 139 Å². The molecule has 0 saturated heterocycles. The third kappa shape index (κ3) is 3.11. The average molecular weight is 338 g/mol. The van der Waals surface area contributed by atoms with Crippen molar-refractivity contribution in [2.45, 2.75) is 25.5 Å². The Bertz CT molecular complexity index is 671. The lowest BCUT2D eigenvalue weighted by Crippen LogP contribution is -2.28. The number of hydrogen-bond donors (Lipinski definition) is 1. The molecule has 1 aromatic rings. The number of rotatable bonds is 6. The molecule has 1 heterocycles. The molecule has 1 saturated carbocycles. The number of benzene rings is 1. The molecule has 0 aromatic heterocycles. The minimum Gasteiger partial charge on any atom is -0.494 e. The Kier molecular flexibility index (Phi) is 4.51. The van der Waals surface area contributed by atoms with Crippen LogP contribution in [0.4, 0.5) is 8.78 Å². The highest BCUT2D eigenvalue weighted by atomic mass is 19.1. The molecule has 3 rings (SSSR count). The molecule has 1 aliphatic carbocycles. The van der Waals surface area contributed by atoms with Crippen molar-refractivity contribution in [3.8, 4) is 11.5 Å². The number of nitrogens with zero attached hydrogens (tertiary/aromatic N) is 1. The standard InChI is InChI=1S/C17H20F2N2O3/c1-22-13-7-14(23-2)17(19)11(16(13)18)9-24-15-8-21(10-3-4-10)6-5-12(15)20/h5-7,10H,3-4,8-9,20H2,1-2H3. The zero-order valence-corrected chi connectivity index (χ0v) is 13.6. The molecule has 130 valence electrons. The highest BCUT2D eigenvalue weighted by Crippen LogP contribution is 2.33. The summed E-state index contributed by atoms with van der Waals surface area (Å²) in [5, 5.41) is 0. The third-order valence-corrected chi connectivity index (χ3v) is 4.16. The predicted octanol–water partition coefficient (Wildman–Crippen LogP) is 2.66. The molecule has 1 fully saturated rings. The molecule has 2 aliphatic rings. The van der Waals surface area contributed by atoms with Crippen molar-refractivity contribution in [3.05, 3.63) is 47.0 Å². The van der Waals surface area contributed by atoms with Crippen LogP contribution in [0.15, 0.2) is 29.8 Å². The van der Waals surface area contributed by atoms with E-state index >= 15 is 0 Å². The van der Waals surface area contributed by atoms with E-state index in [-0.39, 0.29) is 23.7 Å². The first-order valence-electron chi connectivity index (χ1n) is 7.69. The Morgan fingerprint density at radius 2 is 1.79 bits per heavy atom. The smallest absolute Gasteiger partial charge is 0.174 e. The second-order valence-electron chi connectivity index (χ2n) is 5.77. The van der Waals surface area contributed by atoms with Gasteiger partial charge in [-0.1, -0.05) is 0 Å². The van der Waals surface area contributed by atoms with Gasteiger partial charge in [0, 0.05) is 18.3 Å². The topological polar surface area (TPSA) is 57.0 Å². The molecule has 2 N–H and O–H groups in total. The lowest BCUT2D eigenvalue weighted by atomic mass is 10.1. The van der Waals surface area contributed by atoms with Gasteiger partial charge in [-0.25, -0.2) is 8.78 Å². The molecular formula is C17H20F2N2O3. The van der Waals surface area contributed by atoms with Crippen LogP contribution in [-0.2, 0) is 11.3 Å². The molecule has 1 aromatic carbocycles. The van der Waals surface area contributed by atoms with E-state index in [2.05, 4.69) is 4.90 Å². The zero-order chi connectivity index (χ0) is 17.3. The van der Waals surface area contributed by atoms with E-state index in [0.717, 1.165) is 12.8 Å². The van der Waals surface area contributed by atoms with E-state index in [0.29, 0.717) is 24.0 Å². The Morgan fingerprint density at radius 1 is 1.17 bits per heavy atom. The van der Waals surface area contributed by atoms with Crippen molar-refractivity contribution in [1.82, 2.24) is 4.90 Å². The molecule has 0 amide bonds. The summed E-state index contributed by atoms with van der Waals surface area (Å²) in [6, 6.07) is 1.67. The summed E-state index contributed by atoms with van der Waals surface area (Å²) in [6.07, 6.45) is 5.94. The number of nitrogens with two attached hydrogens (primary N) is 1. The van der Waals surface area contributed by atoms with Crippen LogP contribution in [0.5, 0.6) is 11.5 Å². The van der Waals surface area contributed by atoms with Gasteiger partial charge in [0.25, 0.3) is 0 Å². The van der Waals surface area contributed by atoms with Crippen LogP contribution in [0.1, 0.15) is 18.4 Å². The summed E-state index contributed by atoms with van der Waals surface area (Å²) < 4.78 is 44.1. The van der Waals surface area contributed by atoms with Gasteiger partial charge in [-0.05, 0) is 18.9 Å². The monoisotopic (exact) mass is 338 g/mol. The highest BCUT2D eigenvalue weighted by Gasteiger charge is 2.30. The van der Waals surface area contributed by atoms with Gasteiger partial charge in [-0.3, -0.25) is 0 Å². The second kappa shape index (κ2) is 6.59. The summed E-state index contributed by atoms with van der Waals surface area (Å²) in [6.45, 7) is 0.199. The molecule has 24 heavy (non-hydrogen) atoms. The number of methoxy groups -OCH3 is 2. The van der Waals surface area contributed by atoms with Crippen molar-refractivity contribution in [2.75, 3.05) is 20.8 Å². The molecular weight excluding hydrogens is 318 g/mol. The molecule has 5 nitrogen and oxygen atoms in total. The maximum Gasteiger partial charge on any atom is 0.174 e.